The summed E-state index contributed by atoms with van der Waals surface area (Å²) < 4.78 is 6.53. The van der Waals surface area contributed by atoms with Gasteiger partial charge in [0.2, 0.25) is 0 Å². The van der Waals surface area contributed by atoms with Crippen molar-refractivity contribution in [3.05, 3.63) is 58.5 Å². The maximum absolute atomic E-state index is 5.44. The van der Waals surface area contributed by atoms with Gasteiger partial charge in [0.25, 0.3) is 0 Å². The number of likely N-dealkylation sites (tertiary alicyclic amines) is 1. The first-order valence-corrected chi connectivity index (χ1v) is 11.1. The molecule has 1 aromatic carbocycles. The summed E-state index contributed by atoms with van der Waals surface area (Å²) in [7, 11) is 0. The van der Waals surface area contributed by atoms with Gasteiger partial charge in [-0.05, 0) is 55.5 Å². The summed E-state index contributed by atoms with van der Waals surface area (Å²) in [4.78, 5) is 7.49. The average molecular weight is 445 g/mol. The lowest BCUT2D eigenvalue weighted by Crippen LogP contribution is -2.49. The second-order valence-corrected chi connectivity index (χ2v) is 8.65. The smallest absolute Gasteiger partial charge is 0.191 e. The van der Waals surface area contributed by atoms with Crippen LogP contribution in [-0.4, -0.2) is 42.6 Å². The predicted molar refractivity (Wildman–Crippen MR) is 116 cm³/mol. The van der Waals surface area contributed by atoms with Gasteiger partial charge >= 0.3 is 0 Å². The van der Waals surface area contributed by atoms with Crippen molar-refractivity contribution in [2.24, 2.45) is 4.99 Å². The van der Waals surface area contributed by atoms with Crippen LogP contribution < -0.4 is 10.6 Å². The number of piperidine rings is 1. The standard InChI is InChI=1S/C22H29BrN4O/c23-18-5-3-17(4-6-18)16-25-22(24-12-9-21-2-1-15-28-21)26-19-10-13-27(14-11-19)20-7-8-20/h1-6,15,19-20H,7-14,16H2,(H2,24,25,26). The molecule has 2 heterocycles. The number of benzene rings is 1. The zero-order chi connectivity index (χ0) is 19.2. The molecule has 1 aliphatic heterocycles. The van der Waals surface area contributed by atoms with E-state index < -0.39 is 0 Å². The van der Waals surface area contributed by atoms with Gasteiger partial charge in [-0.25, -0.2) is 4.99 Å². The summed E-state index contributed by atoms with van der Waals surface area (Å²) in [5, 5.41) is 7.16. The average Bonchev–Trinajstić information content (AvgIpc) is 3.44. The van der Waals surface area contributed by atoms with Gasteiger partial charge in [-0.1, -0.05) is 28.1 Å². The Morgan fingerprint density at radius 2 is 1.89 bits per heavy atom. The predicted octanol–water partition coefficient (Wildman–Crippen LogP) is 3.95. The van der Waals surface area contributed by atoms with Crippen LogP contribution in [-0.2, 0) is 13.0 Å². The minimum Gasteiger partial charge on any atom is -0.469 e. The van der Waals surface area contributed by atoms with Crippen molar-refractivity contribution in [3.63, 3.8) is 0 Å². The molecule has 0 unspecified atom stereocenters. The van der Waals surface area contributed by atoms with Gasteiger partial charge in [0, 0.05) is 42.6 Å². The number of halogens is 1. The highest BCUT2D eigenvalue weighted by Gasteiger charge is 2.31. The van der Waals surface area contributed by atoms with Gasteiger partial charge < -0.3 is 20.0 Å². The normalized spacial score (nSPS) is 19.0. The van der Waals surface area contributed by atoms with Gasteiger partial charge in [0.15, 0.2) is 5.96 Å². The number of hydrogen-bond donors (Lipinski definition) is 2. The van der Waals surface area contributed by atoms with Gasteiger partial charge in [-0.15, -0.1) is 0 Å². The van der Waals surface area contributed by atoms with Crippen molar-refractivity contribution in [2.45, 2.75) is 50.7 Å². The molecule has 1 saturated heterocycles. The summed E-state index contributed by atoms with van der Waals surface area (Å²) in [6, 6.07) is 13.7. The zero-order valence-corrected chi connectivity index (χ0v) is 17.8. The van der Waals surface area contributed by atoms with E-state index in [-0.39, 0.29) is 0 Å². The van der Waals surface area contributed by atoms with Gasteiger partial charge in [0.05, 0.1) is 12.8 Å². The van der Waals surface area contributed by atoms with Crippen LogP contribution >= 0.6 is 15.9 Å². The fourth-order valence-corrected chi connectivity index (χ4v) is 3.98. The molecule has 1 aliphatic carbocycles. The minimum atomic E-state index is 0.495. The maximum Gasteiger partial charge on any atom is 0.191 e. The zero-order valence-electron chi connectivity index (χ0n) is 16.2. The van der Waals surface area contributed by atoms with Gasteiger partial charge in [0.1, 0.15) is 5.76 Å². The number of nitrogens with zero attached hydrogens (tertiary/aromatic N) is 2. The molecule has 2 aromatic rings. The molecule has 0 atom stereocenters. The first kappa shape index (κ1) is 19.5. The molecule has 0 spiro atoms. The Morgan fingerprint density at radius 3 is 2.57 bits per heavy atom. The van der Waals surface area contributed by atoms with Crippen LogP contribution in [0.4, 0.5) is 0 Å². The molecule has 0 bridgehead atoms. The van der Waals surface area contributed by atoms with Crippen LogP contribution in [0.3, 0.4) is 0 Å². The molecule has 2 fully saturated rings. The number of rotatable bonds is 7. The largest absolute Gasteiger partial charge is 0.469 e. The number of hydrogen-bond acceptors (Lipinski definition) is 3. The van der Waals surface area contributed by atoms with Crippen LogP contribution in [0.25, 0.3) is 0 Å². The number of nitrogens with one attached hydrogen (secondary N) is 2. The Bertz CT molecular complexity index is 747. The molecule has 2 aliphatic rings. The fraction of sp³-hybridized carbons (Fsp3) is 0.500. The molecule has 28 heavy (non-hydrogen) atoms. The van der Waals surface area contributed by atoms with Gasteiger partial charge in [-0.2, -0.15) is 0 Å². The second-order valence-electron chi connectivity index (χ2n) is 7.73. The molecule has 2 N–H and O–H groups in total. The van der Waals surface area contributed by atoms with E-state index in [0.717, 1.165) is 35.2 Å². The van der Waals surface area contributed by atoms with Crippen LogP contribution in [0.2, 0.25) is 0 Å². The summed E-state index contributed by atoms with van der Waals surface area (Å²) in [5.41, 5.74) is 1.21. The second kappa shape index (κ2) is 9.61. The molecule has 1 aromatic heterocycles. The fourth-order valence-electron chi connectivity index (χ4n) is 3.71. The van der Waals surface area contributed by atoms with E-state index in [4.69, 9.17) is 9.41 Å². The number of guanidine groups is 1. The van der Waals surface area contributed by atoms with E-state index in [1.807, 2.05) is 12.1 Å². The number of aliphatic imine (C=N–C) groups is 1. The van der Waals surface area contributed by atoms with Crippen molar-refractivity contribution < 1.29 is 4.42 Å². The van der Waals surface area contributed by atoms with Crippen LogP contribution in [0, 0.1) is 0 Å². The third-order valence-corrected chi connectivity index (χ3v) is 6.04. The first-order valence-electron chi connectivity index (χ1n) is 10.3. The Balaban J connectivity index is 1.32. The Labute approximate surface area is 175 Å². The van der Waals surface area contributed by atoms with Crippen LogP contribution in [0.15, 0.2) is 56.5 Å². The molecule has 4 rings (SSSR count). The molecular formula is C22H29BrN4O. The highest BCUT2D eigenvalue weighted by molar-refractivity contribution is 9.10. The lowest BCUT2D eigenvalue weighted by atomic mass is 10.1. The summed E-state index contributed by atoms with van der Waals surface area (Å²) in [6.45, 7) is 3.88. The monoisotopic (exact) mass is 444 g/mol. The van der Waals surface area contributed by atoms with Crippen molar-refractivity contribution in [3.8, 4) is 0 Å². The first-order chi connectivity index (χ1) is 13.8. The maximum atomic E-state index is 5.44. The van der Waals surface area contributed by atoms with Crippen LogP contribution in [0.1, 0.15) is 37.0 Å². The van der Waals surface area contributed by atoms with E-state index in [0.29, 0.717) is 12.6 Å². The quantitative estimate of drug-likeness (QED) is 0.501. The molecular weight excluding hydrogens is 416 g/mol. The van der Waals surface area contributed by atoms with E-state index in [9.17, 15) is 0 Å². The molecule has 6 heteroatoms. The third-order valence-electron chi connectivity index (χ3n) is 5.51. The molecule has 150 valence electrons. The van der Waals surface area contributed by atoms with Crippen molar-refractivity contribution in [1.82, 2.24) is 15.5 Å². The van der Waals surface area contributed by atoms with Crippen molar-refractivity contribution in [2.75, 3.05) is 19.6 Å². The SMILES string of the molecule is Brc1ccc(CN=C(NCCc2ccco2)NC2CCN(C3CC3)CC2)cc1. The molecule has 0 amide bonds. The summed E-state index contributed by atoms with van der Waals surface area (Å²) >= 11 is 3.49. The van der Waals surface area contributed by atoms with E-state index in [2.05, 4.69) is 55.7 Å². The van der Waals surface area contributed by atoms with E-state index in [1.54, 1.807) is 6.26 Å². The van der Waals surface area contributed by atoms with E-state index in [1.165, 1.54) is 44.3 Å². The summed E-state index contributed by atoms with van der Waals surface area (Å²) in [5.74, 6) is 1.90. The Kier molecular flexibility index (Phi) is 6.70. The van der Waals surface area contributed by atoms with Crippen molar-refractivity contribution in [1.29, 1.82) is 0 Å². The van der Waals surface area contributed by atoms with Crippen molar-refractivity contribution >= 4 is 21.9 Å². The highest BCUT2D eigenvalue weighted by Crippen LogP contribution is 2.29. The lowest BCUT2D eigenvalue weighted by molar-refractivity contribution is 0.197. The lowest BCUT2D eigenvalue weighted by Gasteiger charge is -2.33. The highest BCUT2D eigenvalue weighted by atomic mass is 79.9. The minimum absolute atomic E-state index is 0.495. The summed E-state index contributed by atoms with van der Waals surface area (Å²) in [6.07, 6.45) is 7.75. The molecule has 0 radical (unpaired) electrons. The van der Waals surface area contributed by atoms with Crippen LogP contribution in [0.5, 0.6) is 0 Å². The van der Waals surface area contributed by atoms with E-state index >= 15 is 0 Å². The molecule has 1 saturated carbocycles. The topological polar surface area (TPSA) is 52.8 Å². The Hall–Kier alpha value is -1.79. The number of furan rings is 1. The third kappa shape index (κ3) is 5.85. The molecule has 5 nitrogen and oxygen atoms in total. The Morgan fingerprint density at radius 1 is 1.11 bits per heavy atom. The van der Waals surface area contributed by atoms with Gasteiger partial charge in [-0.3, -0.25) is 0 Å².